The highest BCUT2D eigenvalue weighted by atomic mass is 16.5. The maximum absolute atomic E-state index is 13.5. The summed E-state index contributed by atoms with van der Waals surface area (Å²) in [6, 6.07) is 25.3. The highest BCUT2D eigenvalue weighted by molar-refractivity contribution is 6.09. The van der Waals surface area contributed by atoms with Gasteiger partial charge in [0.2, 0.25) is 0 Å². The Morgan fingerprint density at radius 2 is 1.65 bits per heavy atom. The van der Waals surface area contributed by atoms with E-state index in [-0.39, 0.29) is 24.3 Å². The maximum Gasteiger partial charge on any atom is 0.316 e. The molecule has 34 heavy (non-hydrogen) atoms. The predicted octanol–water partition coefficient (Wildman–Crippen LogP) is 5.40. The smallest absolute Gasteiger partial charge is 0.316 e. The summed E-state index contributed by atoms with van der Waals surface area (Å²) in [6.45, 7) is 2.03. The molecular formula is C29H26N2O3. The Morgan fingerprint density at radius 3 is 2.35 bits per heavy atom. The van der Waals surface area contributed by atoms with Crippen LogP contribution in [0, 0.1) is 5.92 Å². The first-order valence-corrected chi connectivity index (χ1v) is 11.6. The minimum atomic E-state index is -0.686. The number of carbonyl (C=O) groups excluding carboxylic acids is 2. The molecule has 170 valence electrons. The molecule has 1 aliphatic heterocycles. The lowest BCUT2D eigenvalue weighted by atomic mass is 9.70. The van der Waals surface area contributed by atoms with Crippen molar-refractivity contribution in [3.05, 3.63) is 113 Å². The van der Waals surface area contributed by atoms with Crippen LogP contribution in [0.3, 0.4) is 0 Å². The first kappa shape index (κ1) is 22.0. The normalized spacial score (nSPS) is 22.1. The van der Waals surface area contributed by atoms with E-state index in [0.29, 0.717) is 29.8 Å². The van der Waals surface area contributed by atoms with Crippen molar-refractivity contribution in [3.8, 4) is 0 Å². The lowest BCUT2D eigenvalue weighted by molar-refractivity contribution is -0.148. The Bertz CT molecular complexity index is 1250. The molecule has 0 fully saturated rings. The number of hydrogen-bond donors (Lipinski definition) is 0. The second-order valence-corrected chi connectivity index (χ2v) is 8.86. The summed E-state index contributed by atoms with van der Waals surface area (Å²) in [6.07, 6.45) is 2.76. The van der Waals surface area contributed by atoms with Crippen molar-refractivity contribution in [3.63, 3.8) is 0 Å². The molecule has 1 unspecified atom stereocenters. The van der Waals surface area contributed by atoms with E-state index in [0.717, 1.165) is 16.8 Å². The average Bonchev–Trinajstić information content (AvgIpc) is 2.88. The van der Waals surface area contributed by atoms with Crippen LogP contribution in [0.5, 0.6) is 0 Å². The van der Waals surface area contributed by atoms with Crippen LogP contribution in [-0.4, -0.2) is 22.4 Å². The van der Waals surface area contributed by atoms with E-state index < -0.39 is 11.8 Å². The van der Waals surface area contributed by atoms with Gasteiger partial charge in [-0.15, -0.1) is 0 Å². The molecule has 5 rings (SSSR count). The molecule has 1 aliphatic carbocycles. The molecule has 0 spiro atoms. The lowest BCUT2D eigenvalue weighted by Crippen LogP contribution is -2.38. The topological polar surface area (TPSA) is 68.6 Å². The highest BCUT2D eigenvalue weighted by Crippen LogP contribution is 2.46. The Hall–Kier alpha value is -3.86. The molecule has 0 saturated carbocycles. The third-order valence-corrected chi connectivity index (χ3v) is 6.64. The number of Topliss-reactive ketones (excluding diaryl/α,β-unsaturated/α-hetero) is 1. The number of rotatable bonds is 5. The molecule has 0 radical (unpaired) electrons. The Balaban J connectivity index is 1.49. The molecule has 3 atom stereocenters. The molecule has 2 heterocycles. The fraction of sp³-hybridized carbons (Fsp3) is 0.241. The summed E-state index contributed by atoms with van der Waals surface area (Å²) in [4.78, 5) is 36.3. The van der Waals surface area contributed by atoms with Gasteiger partial charge in [-0.25, -0.2) is 0 Å². The number of aliphatic imine (C=N–C) groups is 1. The third-order valence-electron chi connectivity index (χ3n) is 6.64. The second kappa shape index (κ2) is 9.56. The fourth-order valence-electron chi connectivity index (χ4n) is 5.02. The third kappa shape index (κ3) is 4.34. The number of esters is 1. The van der Waals surface area contributed by atoms with Crippen LogP contribution >= 0.6 is 0 Å². The standard InChI is InChI=1S/C29H26N2O3/c1-19-26(29(33)34-18-20-10-4-2-5-11-20)28(23-14-8-9-15-30-23)27-24(31-19)16-22(17-25(27)32)21-12-6-3-7-13-21/h2-15,22,26,28H,16-18H2,1H3/t22-,26?,28-/m1/s1. The first-order chi connectivity index (χ1) is 16.6. The predicted molar refractivity (Wildman–Crippen MR) is 130 cm³/mol. The number of ketones is 1. The number of carbonyl (C=O) groups is 2. The number of allylic oxidation sites excluding steroid dienone is 2. The molecule has 0 saturated heterocycles. The molecule has 2 aromatic carbocycles. The van der Waals surface area contributed by atoms with Crippen molar-refractivity contribution in [2.75, 3.05) is 0 Å². The van der Waals surface area contributed by atoms with Crippen molar-refractivity contribution in [2.24, 2.45) is 10.9 Å². The number of nitrogens with zero attached hydrogens (tertiary/aromatic N) is 2. The van der Waals surface area contributed by atoms with E-state index in [2.05, 4.69) is 17.1 Å². The first-order valence-electron chi connectivity index (χ1n) is 11.6. The van der Waals surface area contributed by atoms with Crippen molar-refractivity contribution < 1.29 is 14.3 Å². The largest absolute Gasteiger partial charge is 0.460 e. The van der Waals surface area contributed by atoms with Crippen LogP contribution in [-0.2, 0) is 20.9 Å². The Morgan fingerprint density at radius 1 is 0.941 bits per heavy atom. The van der Waals surface area contributed by atoms with Crippen LogP contribution in [0.4, 0.5) is 0 Å². The minimum absolute atomic E-state index is 0.0304. The molecule has 0 N–H and O–H groups in total. The molecule has 0 bridgehead atoms. The van der Waals surface area contributed by atoms with Gasteiger partial charge in [-0.05, 0) is 42.5 Å². The van der Waals surface area contributed by atoms with Gasteiger partial charge in [-0.3, -0.25) is 19.6 Å². The summed E-state index contributed by atoms with van der Waals surface area (Å²) in [7, 11) is 0. The zero-order valence-electron chi connectivity index (χ0n) is 19.1. The van der Waals surface area contributed by atoms with Gasteiger partial charge < -0.3 is 4.74 Å². The van der Waals surface area contributed by atoms with Gasteiger partial charge in [0.25, 0.3) is 0 Å². The van der Waals surface area contributed by atoms with E-state index in [1.807, 2.05) is 73.7 Å². The molecule has 5 heteroatoms. The lowest BCUT2D eigenvalue weighted by Gasteiger charge is -2.36. The SMILES string of the molecule is CC1=NC2=C(C(=O)C[C@H](c3ccccc3)C2)[C@H](c2ccccn2)C1C(=O)OCc1ccccc1. The van der Waals surface area contributed by atoms with E-state index in [1.165, 1.54) is 0 Å². The molecule has 3 aromatic rings. The van der Waals surface area contributed by atoms with Crippen LogP contribution in [0.25, 0.3) is 0 Å². The van der Waals surface area contributed by atoms with Gasteiger partial charge in [-0.2, -0.15) is 0 Å². The van der Waals surface area contributed by atoms with E-state index in [1.54, 1.807) is 6.20 Å². The zero-order valence-corrected chi connectivity index (χ0v) is 19.1. The molecular weight excluding hydrogens is 424 g/mol. The van der Waals surface area contributed by atoms with Gasteiger partial charge in [-0.1, -0.05) is 66.7 Å². The second-order valence-electron chi connectivity index (χ2n) is 8.86. The number of aromatic nitrogens is 1. The van der Waals surface area contributed by atoms with Gasteiger partial charge in [0.1, 0.15) is 12.5 Å². The number of ether oxygens (including phenoxy) is 1. The quantitative estimate of drug-likeness (QED) is 0.488. The van der Waals surface area contributed by atoms with E-state index in [9.17, 15) is 9.59 Å². The number of benzene rings is 2. The average molecular weight is 451 g/mol. The summed E-state index contributed by atoms with van der Waals surface area (Å²) >= 11 is 0. The number of pyridine rings is 1. The number of hydrogen-bond acceptors (Lipinski definition) is 5. The van der Waals surface area contributed by atoms with Crippen LogP contribution < -0.4 is 0 Å². The van der Waals surface area contributed by atoms with Gasteiger partial charge in [0.15, 0.2) is 5.78 Å². The minimum Gasteiger partial charge on any atom is -0.460 e. The molecule has 5 nitrogen and oxygen atoms in total. The maximum atomic E-state index is 13.5. The molecule has 1 aromatic heterocycles. The van der Waals surface area contributed by atoms with Crippen molar-refractivity contribution >= 4 is 17.5 Å². The van der Waals surface area contributed by atoms with Crippen molar-refractivity contribution in [2.45, 2.75) is 38.2 Å². The van der Waals surface area contributed by atoms with E-state index >= 15 is 0 Å². The molecule has 0 amide bonds. The highest BCUT2D eigenvalue weighted by Gasteiger charge is 2.45. The van der Waals surface area contributed by atoms with Gasteiger partial charge in [0, 0.05) is 35.3 Å². The fourth-order valence-corrected chi connectivity index (χ4v) is 5.02. The Labute approximate surface area is 199 Å². The van der Waals surface area contributed by atoms with Crippen LogP contribution in [0.1, 0.15) is 48.4 Å². The molecule has 2 aliphatic rings. The van der Waals surface area contributed by atoms with Gasteiger partial charge >= 0.3 is 5.97 Å². The van der Waals surface area contributed by atoms with Crippen LogP contribution in [0.2, 0.25) is 0 Å². The van der Waals surface area contributed by atoms with Crippen molar-refractivity contribution in [1.82, 2.24) is 4.98 Å². The summed E-state index contributed by atoms with van der Waals surface area (Å²) in [5.74, 6) is -1.46. The van der Waals surface area contributed by atoms with Crippen LogP contribution in [0.15, 0.2) is 101 Å². The van der Waals surface area contributed by atoms with Gasteiger partial charge in [0.05, 0.1) is 5.92 Å². The summed E-state index contributed by atoms with van der Waals surface area (Å²) in [5.41, 5.74) is 4.78. The van der Waals surface area contributed by atoms with E-state index in [4.69, 9.17) is 9.73 Å². The summed E-state index contributed by atoms with van der Waals surface area (Å²) in [5, 5.41) is 0. The monoisotopic (exact) mass is 450 g/mol. The Kier molecular flexibility index (Phi) is 6.17. The summed E-state index contributed by atoms with van der Waals surface area (Å²) < 4.78 is 5.71. The van der Waals surface area contributed by atoms with Crippen molar-refractivity contribution in [1.29, 1.82) is 0 Å². The zero-order chi connectivity index (χ0) is 23.5.